The molecule has 0 nitrogen and oxygen atoms in total. The Kier molecular flexibility index (Phi) is 3.54. The van der Waals surface area contributed by atoms with Gasteiger partial charge in [0, 0.05) is 5.33 Å². The first-order chi connectivity index (χ1) is 5.24. The lowest BCUT2D eigenvalue weighted by Gasteiger charge is -2.05. The minimum atomic E-state index is 0.0717. The molecule has 0 bridgehead atoms. The molecule has 0 saturated heterocycles. The second-order valence-corrected chi connectivity index (χ2v) is 5.56. The van der Waals surface area contributed by atoms with Crippen molar-refractivity contribution in [1.82, 2.24) is 0 Å². The van der Waals surface area contributed by atoms with Crippen LogP contribution in [0.1, 0.15) is 5.56 Å². The van der Waals surface area contributed by atoms with Gasteiger partial charge in [-0.25, -0.2) is 0 Å². The van der Waals surface area contributed by atoms with Gasteiger partial charge in [-0.05, 0) is 24.2 Å². The molecule has 0 atom stereocenters. The fourth-order valence-corrected chi connectivity index (χ4v) is 2.00. The zero-order chi connectivity index (χ0) is 8.27. The summed E-state index contributed by atoms with van der Waals surface area (Å²) in [5.41, 5.74) is 1.35. The normalized spacial score (nSPS) is 10.5. The summed E-state index contributed by atoms with van der Waals surface area (Å²) < 4.78 is 0. The van der Waals surface area contributed by atoms with Gasteiger partial charge in [0.05, 0.1) is 0 Å². The van der Waals surface area contributed by atoms with Crippen molar-refractivity contribution in [3.05, 3.63) is 29.8 Å². The van der Waals surface area contributed by atoms with Gasteiger partial charge in [0.25, 0.3) is 0 Å². The van der Waals surface area contributed by atoms with Crippen molar-refractivity contribution in [2.75, 3.05) is 13.3 Å². The van der Waals surface area contributed by atoms with Crippen LogP contribution in [0, 0.1) is 0 Å². The Labute approximate surface area is 77.9 Å². The molecule has 60 valence electrons. The van der Waals surface area contributed by atoms with Crippen LogP contribution in [0.3, 0.4) is 0 Å². The standard InChI is InChI=1S/C9H12BrP/c1-11(2)9-5-3-8(7-10)4-6-9/h3-6H,7H2,1-2H3. The van der Waals surface area contributed by atoms with Crippen LogP contribution >= 0.6 is 23.9 Å². The van der Waals surface area contributed by atoms with E-state index >= 15 is 0 Å². The molecule has 0 amide bonds. The van der Waals surface area contributed by atoms with Crippen LogP contribution in [0.2, 0.25) is 0 Å². The molecule has 0 heterocycles. The van der Waals surface area contributed by atoms with Crippen molar-refractivity contribution >= 4 is 29.2 Å². The summed E-state index contributed by atoms with van der Waals surface area (Å²) in [4.78, 5) is 0. The molecule has 0 aliphatic heterocycles. The first kappa shape index (κ1) is 9.22. The maximum atomic E-state index is 3.42. The highest BCUT2D eigenvalue weighted by molar-refractivity contribution is 9.08. The summed E-state index contributed by atoms with van der Waals surface area (Å²) >= 11 is 3.42. The summed E-state index contributed by atoms with van der Waals surface area (Å²) in [6, 6.07) is 8.82. The first-order valence-electron chi connectivity index (χ1n) is 3.56. The number of halogens is 1. The molecular formula is C9H12BrP. The first-order valence-corrected chi connectivity index (χ1v) is 6.92. The average molecular weight is 231 g/mol. The highest BCUT2D eigenvalue weighted by atomic mass is 79.9. The van der Waals surface area contributed by atoms with Crippen molar-refractivity contribution < 1.29 is 0 Å². The molecule has 1 aromatic rings. The molecule has 11 heavy (non-hydrogen) atoms. The third-order valence-electron chi connectivity index (χ3n) is 1.61. The Bertz CT molecular complexity index is 216. The molecule has 2 heteroatoms. The summed E-state index contributed by atoms with van der Waals surface area (Å²) in [7, 11) is 0.0717. The van der Waals surface area contributed by atoms with E-state index in [1.165, 1.54) is 10.9 Å². The van der Waals surface area contributed by atoms with E-state index in [4.69, 9.17) is 0 Å². The number of rotatable bonds is 2. The van der Waals surface area contributed by atoms with Crippen LogP contribution < -0.4 is 5.30 Å². The van der Waals surface area contributed by atoms with E-state index in [0.717, 1.165) is 5.33 Å². The number of alkyl halides is 1. The third-order valence-corrected chi connectivity index (χ3v) is 3.59. The molecule has 0 N–H and O–H groups in total. The topological polar surface area (TPSA) is 0 Å². The van der Waals surface area contributed by atoms with Crippen molar-refractivity contribution in [3.63, 3.8) is 0 Å². The van der Waals surface area contributed by atoms with Gasteiger partial charge in [0.1, 0.15) is 0 Å². The Morgan fingerprint density at radius 3 is 2.09 bits per heavy atom. The molecule has 0 aliphatic carbocycles. The highest BCUT2D eigenvalue weighted by Gasteiger charge is 1.96. The molecule has 0 saturated carbocycles. The van der Waals surface area contributed by atoms with Gasteiger partial charge < -0.3 is 0 Å². The van der Waals surface area contributed by atoms with Crippen molar-refractivity contribution in [2.24, 2.45) is 0 Å². The second kappa shape index (κ2) is 4.23. The number of hydrogen-bond acceptors (Lipinski definition) is 0. The zero-order valence-corrected chi connectivity index (χ0v) is 9.32. The maximum Gasteiger partial charge on any atom is 0.0283 e. The SMILES string of the molecule is CP(C)c1ccc(CBr)cc1. The lowest BCUT2D eigenvalue weighted by atomic mass is 10.2. The van der Waals surface area contributed by atoms with Gasteiger partial charge in [0.2, 0.25) is 0 Å². The van der Waals surface area contributed by atoms with Gasteiger partial charge in [-0.3, -0.25) is 0 Å². The lowest BCUT2D eigenvalue weighted by Crippen LogP contribution is -1.97. The van der Waals surface area contributed by atoms with Crippen molar-refractivity contribution in [1.29, 1.82) is 0 Å². The van der Waals surface area contributed by atoms with Gasteiger partial charge >= 0.3 is 0 Å². The fourth-order valence-electron chi connectivity index (χ4n) is 0.883. The minimum absolute atomic E-state index is 0.0717. The molecule has 1 aromatic carbocycles. The Balaban J connectivity index is 2.83. The Morgan fingerprint density at radius 1 is 1.18 bits per heavy atom. The molecule has 0 radical (unpaired) electrons. The number of hydrogen-bond donors (Lipinski definition) is 0. The van der Waals surface area contributed by atoms with Crippen LogP contribution in [0.4, 0.5) is 0 Å². The van der Waals surface area contributed by atoms with Gasteiger partial charge in [-0.15, -0.1) is 0 Å². The monoisotopic (exact) mass is 230 g/mol. The van der Waals surface area contributed by atoms with Crippen molar-refractivity contribution in [3.8, 4) is 0 Å². The Morgan fingerprint density at radius 2 is 1.73 bits per heavy atom. The minimum Gasteiger partial charge on any atom is -0.0876 e. The predicted molar refractivity (Wildman–Crippen MR) is 57.5 cm³/mol. The van der Waals surface area contributed by atoms with Gasteiger partial charge in [-0.2, -0.15) is 0 Å². The molecule has 0 aliphatic rings. The van der Waals surface area contributed by atoms with Gasteiger partial charge in [0.15, 0.2) is 0 Å². The van der Waals surface area contributed by atoms with E-state index in [-0.39, 0.29) is 7.92 Å². The molecular weight excluding hydrogens is 219 g/mol. The molecule has 0 unspecified atom stereocenters. The van der Waals surface area contributed by atoms with Gasteiger partial charge in [-0.1, -0.05) is 48.1 Å². The molecule has 1 rings (SSSR count). The van der Waals surface area contributed by atoms with Crippen LogP contribution in [0.5, 0.6) is 0 Å². The Hall–Kier alpha value is 0.130. The summed E-state index contributed by atoms with van der Waals surface area (Å²) in [5.74, 6) is 0. The van der Waals surface area contributed by atoms with Crippen LogP contribution in [0.15, 0.2) is 24.3 Å². The second-order valence-electron chi connectivity index (χ2n) is 2.69. The van der Waals surface area contributed by atoms with Crippen LogP contribution in [-0.4, -0.2) is 13.3 Å². The third kappa shape index (κ3) is 2.57. The molecule has 0 aromatic heterocycles. The van der Waals surface area contributed by atoms with Crippen LogP contribution in [-0.2, 0) is 5.33 Å². The van der Waals surface area contributed by atoms with E-state index in [1.807, 2.05) is 0 Å². The van der Waals surface area contributed by atoms with E-state index < -0.39 is 0 Å². The lowest BCUT2D eigenvalue weighted by molar-refractivity contribution is 1.45. The highest BCUT2D eigenvalue weighted by Crippen LogP contribution is 2.23. The fraction of sp³-hybridized carbons (Fsp3) is 0.333. The smallest absolute Gasteiger partial charge is 0.0283 e. The average Bonchev–Trinajstić information content (AvgIpc) is 2.05. The van der Waals surface area contributed by atoms with E-state index in [1.54, 1.807) is 0 Å². The summed E-state index contributed by atoms with van der Waals surface area (Å²) in [5, 5.41) is 2.43. The number of benzene rings is 1. The largest absolute Gasteiger partial charge is 0.0876 e. The summed E-state index contributed by atoms with van der Waals surface area (Å²) in [6.07, 6.45) is 0. The molecule has 0 spiro atoms. The zero-order valence-electron chi connectivity index (χ0n) is 6.84. The van der Waals surface area contributed by atoms with E-state index in [2.05, 4.69) is 53.5 Å². The summed E-state index contributed by atoms with van der Waals surface area (Å²) in [6.45, 7) is 4.55. The molecule has 0 fully saturated rings. The quantitative estimate of drug-likeness (QED) is 0.542. The van der Waals surface area contributed by atoms with E-state index in [9.17, 15) is 0 Å². The van der Waals surface area contributed by atoms with Crippen molar-refractivity contribution in [2.45, 2.75) is 5.33 Å². The van der Waals surface area contributed by atoms with E-state index in [0.29, 0.717) is 0 Å². The maximum absolute atomic E-state index is 3.42. The predicted octanol–water partition coefficient (Wildman–Crippen LogP) is 2.95. The van der Waals surface area contributed by atoms with Crippen LogP contribution in [0.25, 0.3) is 0 Å².